The maximum absolute atomic E-state index is 12.8. The van der Waals surface area contributed by atoms with E-state index in [-0.39, 0.29) is 12.1 Å². The molecule has 156 valence electrons. The molecule has 0 aliphatic carbocycles. The van der Waals surface area contributed by atoms with Gasteiger partial charge in [0.25, 0.3) is 0 Å². The smallest absolute Gasteiger partial charge is 0.317 e. The number of methoxy groups -OCH3 is 1. The van der Waals surface area contributed by atoms with Crippen molar-refractivity contribution in [2.45, 2.75) is 52.0 Å². The van der Waals surface area contributed by atoms with Gasteiger partial charge in [-0.05, 0) is 81.6 Å². The van der Waals surface area contributed by atoms with Gasteiger partial charge in [0.1, 0.15) is 5.75 Å². The van der Waals surface area contributed by atoms with E-state index in [1.165, 1.54) is 37.9 Å². The van der Waals surface area contributed by atoms with Crippen LogP contribution in [0.4, 0.5) is 4.79 Å². The molecule has 5 heteroatoms. The summed E-state index contributed by atoms with van der Waals surface area (Å²) in [5, 5.41) is 3.20. The van der Waals surface area contributed by atoms with E-state index in [4.69, 9.17) is 4.74 Å². The van der Waals surface area contributed by atoms with E-state index in [1.807, 2.05) is 23.1 Å². The maximum atomic E-state index is 12.8. The highest BCUT2D eigenvalue weighted by atomic mass is 16.5. The molecule has 0 bridgehead atoms. The monoisotopic (exact) mass is 387 g/mol. The van der Waals surface area contributed by atoms with Crippen LogP contribution in [0, 0.1) is 11.8 Å². The minimum atomic E-state index is 0.0902. The first kappa shape index (κ1) is 21.0. The molecule has 2 fully saturated rings. The number of nitrogens with one attached hydrogen (secondary N) is 1. The summed E-state index contributed by atoms with van der Waals surface area (Å²) in [4.78, 5) is 17.4. The first-order valence-corrected chi connectivity index (χ1v) is 10.9. The summed E-state index contributed by atoms with van der Waals surface area (Å²) < 4.78 is 5.29. The lowest BCUT2D eigenvalue weighted by atomic mass is 9.94. The van der Waals surface area contributed by atoms with Crippen molar-refractivity contribution in [1.29, 1.82) is 0 Å². The van der Waals surface area contributed by atoms with Gasteiger partial charge in [-0.15, -0.1) is 0 Å². The molecule has 2 amide bonds. The average Bonchev–Trinajstić information content (AvgIpc) is 2.70. The summed E-state index contributed by atoms with van der Waals surface area (Å²) in [6.45, 7) is 9.80. The Morgan fingerprint density at radius 1 is 1.25 bits per heavy atom. The number of piperidine rings is 2. The van der Waals surface area contributed by atoms with Crippen LogP contribution in [0.3, 0.4) is 0 Å². The zero-order valence-electron chi connectivity index (χ0n) is 17.8. The van der Waals surface area contributed by atoms with Crippen LogP contribution in [0.1, 0.15) is 45.1 Å². The molecule has 2 saturated heterocycles. The van der Waals surface area contributed by atoms with Crippen LogP contribution in [-0.2, 0) is 6.42 Å². The fourth-order valence-corrected chi connectivity index (χ4v) is 4.51. The second-order valence-electron chi connectivity index (χ2n) is 8.84. The predicted molar refractivity (Wildman–Crippen MR) is 114 cm³/mol. The summed E-state index contributed by atoms with van der Waals surface area (Å²) in [6.07, 6.45) is 5.81. The number of carbonyl (C=O) groups is 1. The molecule has 1 aromatic rings. The van der Waals surface area contributed by atoms with Gasteiger partial charge >= 0.3 is 6.03 Å². The van der Waals surface area contributed by atoms with Crippen molar-refractivity contribution in [2.75, 3.05) is 39.8 Å². The predicted octanol–water partition coefficient (Wildman–Crippen LogP) is 3.78. The van der Waals surface area contributed by atoms with E-state index in [1.54, 1.807) is 7.11 Å². The number of rotatable bonds is 6. The number of benzene rings is 1. The maximum Gasteiger partial charge on any atom is 0.317 e. The largest absolute Gasteiger partial charge is 0.497 e. The van der Waals surface area contributed by atoms with Crippen molar-refractivity contribution < 1.29 is 9.53 Å². The number of hydrogen-bond acceptors (Lipinski definition) is 3. The van der Waals surface area contributed by atoms with Crippen LogP contribution in [0.25, 0.3) is 0 Å². The molecule has 0 saturated carbocycles. The molecule has 28 heavy (non-hydrogen) atoms. The molecule has 0 aromatic heterocycles. The Morgan fingerprint density at radius 3 is 2.79 bits per heavy atom. The molecular weight excluding hydrogens is 350 g/mol. The molecule has 5 nitrogen and oxygen atoms in total. The zero-order chi connectivity index (χ0) is 19.9. The third-order valence-corrected chi connectivity index (χ3v) is 6.24. The van der Waals surface area contributed by atoms with E-state index < -0.39 is 0 Å². The summed E-state index contributed by atoms with van der Waals surface area (Å²) in [6, 6.07) is 8.26. The summed E-state index contributed by atoms with van der Waals surface area (Å²) in [7, 11) is 1.68. The molecule has 0 spiro atoms. The second-order valence-corrected chi connectivity index (χ2v) is 8.84. The number of hydrogen-bond donors (Lipinski definition) is 1. The number of urea groups is 1. The molecule has 1 N–H and O–H groups in total. The standard InChI is InChI=1S/C23H37N3O2/c1-18-9-12-25(13-10-18)16-21-7-5-11-26(17-21)23(27)24-19(2)14-20-6-4-8-22(15-20)28-3/h4,6,8,15,18-19,21H,5,7,9-14,16-17H2,1-3H3,(H,24,27). The number of ether oxygens (including phenoxy) is 1. The van der Waals surface area contributed by atoms with Crippen LogP contribution in [0.2, 0.25) is 0 Å². The number of likely N-dealkylation sites (tertiary alicyclic amines) is 2. The van der Waals surface area contributed by atoms with Crippen molar-refractivity contribution in [3.63, 3.8) is 0 Å². The fraction of sp³-hybridized carbons (Fsp3) is 0.696. The van der Waals surface area contributed by atoms with Crippen molar-refractivity contribution in [1.82, 2.24) is 15.1 Å². The van der Waals surface area contributed by atoms with Crippen LogP contribution in [0.5, 0.6) is 5.75 Å². The van der Waals surface area contributed by atoms with E-state index >= 15 is 0 Å². The average molecular weight is 388 g/mol. The Morgan fingerprint density at radius 2 is 2.04 bits per heavy atom. The first-order chi connectivity index (χ1) is 13.5. The van der Waals surface area contributed by atoms with Crippen molar-refractivity contribution in [3.05, 3.63) is 29.8 Å². The number of nitrogens with zero attached hydrogens (tertiary/aromatic N) is 2. The highest BCUT2D eigenvalue weighted by Gasteiger charge is 2.27. The van der Waals surface area contributed by atoms with E-state index in [2.05, 4.69) is 30.1 Å². The molecule has 2 heterocycles. The molecule has 2 aliphatic rings. The lowest BCUT2D eigenvalue weighted by molar-refractivity contribution is 0.119. The molecular formula is C23H37N3O2. The van der Waals surface area contributed by atoms with Gasteiger partial charge in [0, 0.05) is 25.7 Å². The molecule has 2 unspecified atom stereocenters. The Labute approximate surface area is 170 Å². The van der Waals surface area contributed by atoms with Gasteiger partial charge in [0.2, 0.25) is 0 Å². The molecule has 2 aliphatic heterocycles. The van der Waals surface area contributed by atoms with E-state index in [0.29, 0.717) is 5.92 Å². The highest BCUT2D eigenvalue weighted by Crippen LogP contribution is 2.22. The van der Waals surface area contributed by atoms with Gasteiger partial charge in [-0.3, -0.25) is 0 Å². The first-order valence-electron chi connectivity index (χ1n) is 10.9. The third-order valence-electron chi connectivity index (χ3n) is 6.24. The summed E-state index contributed by atoms with van der Waals surface area (Å²) in [5.41, 5.74) is 1.18. The van der Waals surface area contributed by atoms with Gasteiger partial charge in [-0.2, -0.15) is 0 Å². The molecule has 1 aromatic carbocycles. The van der Waals surface area contributed by atoms with Gasteiger partial charge < -0.3 is 19.9 Å². The van der Waals surface area contributed by atoms with Crippen LogP contribution in [-0.4, -0.2) is 61.7 Å². The molecule has 3 rings (SSSR count). The Hall–Kier alpha value is -1.75. The van der Waals surface area contributed by atoms with Gasteiger partial charge in [-0.1, -0.05) is 19.1 Å². The third kappa shape index (κ3) is 6.13. The minimum Gasteiger partial charge on any atom is -0.497 e. The lowest BCUT2D eigenvalue weighted by Crippen LogP contribution is -2.50. The SMILES string of the molecule is COc1cccc(CC(C)NC(=O)N2CCCC(CN3CCC(C)CC3)C2)c1. The second kappa shape index (κ2) is 10.1. The number of amides is 2. The Kier molecular flexibility index (Phi) is 7.60. The Balaban J connectivity index is 1.45. The number of carbonyl (C=O) groups excluding carboxylic acids is 1. The Bertz CT molecular complexity index is 628. The van der Waals surface area contributed by atoms with E-state index in [9.17, 15) is 4.79 Å². The van der Waals surface area contributed by atoms with Gasteiger partial charge in [0.15, 0.2) is 0 Å². The van der Waals surface area contributed by atoms with Crippen molar-refractivity contribution in [3.8, 4) is 5.75 Å². The van der Waals surface area contributed by atoms with Crippen LogP contribution >= 0.6 is 0 Å². The highest BCUT2D eigenvalue weighted by molar-refractivity contribution is 5.74. The van der Waals surface area contributed by atoms with Crippen molar-refractivity contribution in [2.24, 2.45) is 11.8 Å². The topological polar surface area (TPSA) is 44.8 Å². The quantitative estimate of drug-likeness (QED) is 0.808. The minimum absolute atomic E-state index is 0.0902. The van der Waals surface area contributed by atoms with E-state index in [0.717, 1.165) is 44.1 Å². The van der Waals surface area contributed by atoms with Crippen molar-refractivity contribution >= 4 is 6.03 Å². The lowest BCUT2D eigenvalue weighted by Gasteiger charge is -2.38. The van der Waals surface area contributed by atoms with Crippen LogP contribution in [0.15, 0.2) is 24.3 Å². The zero-order valence-corrected chi connectivity index (χ0v) is 17.8. The normalized spacial score (nSPS) is 22.7. The fourth-order valence-electron chi connectivity index (χ4n) is 4.51. The van der Waals surface area contributed by atoms with Gasteiger partial charge in [0.05, 0.1) is 7.11 Å². The van der Waals surface area contributed by atoms with Gasteiger partial charge in [-0.25, -0.2) is 4.79 Å². The molecule has 2 atom stereocenters. The van der Waals surface area contributed by atoms with Crippen LogP contribution < -0.4 is 10.1 Å². The summed E-state index contributed by atoms with van der Waals surface area (Å²) in [5.74, 6) is 2.35. The molecule has 0 radical (unpaired) electrons. The summed E-state index contributed by atoms with van der Waals surface area (Å²) >= 11 is 0.